The van der Waals surface area contributed by atoms with Gasteiger partial charge in [0.05, 0.1) is 0 Å². The van der Waals surface area contributed by atoms with Gasteiger partial charge in [-0.25, -0.2) is 0 Å². The van der Waals surface area contributed by atoms with Gasteiger partial charge in [0.15, 0.2) is 0 Å². The van der Waals surface area contributed by atoms with Crippen LogP contribution in [-0.4, -0.2) is 22.6 Å². The van der Waals surface area contributed by atoms with E-state index in [2.05, 4.69) is 12.6 Å². The van der Waals surface area contributed by atoms with Gasteiger partial charge in [-0.2, -0.15) is 12.6 Å². The number of benzene rings is 1. The summed E-state index contributed by atoms with van der Waals surface area (Å²) in [5, 5.41) is 1.32. The van der Waals surface area contributed by atoms with E-state index >= 15 is 0 Å². The van der Waals surface area contributed by atoms with Crippen molar-refractivity contribution in [1.82, 2.24) is 4.90 Å². The Balaban J connectivity index is 2.18. The first-order valence-electron chi connectivity index (χ1n) is 4.96. The van der Waals surface area contributed by atoms with Gasteiger partial charge in [-0.05, 0) is 12.1 Å². The van der Waals surface area contributed by atoms with Crippen LogP contribution in [0.2, 0.25) is 10.0 Å². The molecule has 0 bridgehead atoms. The quantitative estimate of drug-likeness (QED) is 0.823. The van der Waals surface area contributed by atoms with E-state index in [1.54, 1.807) is 23.1 Å². The Labute approximate surface area is 110 Å². The Morgan fingerprint density at radius 2 is 2.00 bits per heavy atom. The summed E-state index contributed by atoms with van der Waals surface area (Å²) >= 11 is 16.4. The largest absolute Gasteiger partial charge is 0.337 e. The molecule has 0 saturated carbocycles. The zero-order valence-corrected chi connectivity index (χ0v) is 10.9. The maximum atomic E-state index is 11.6. The number of rotatable bonds is 2. The first-order valence-corrected chi connectivity index (χ1v) is 6.24. The highest BCUT2D eigenvalue weighted by molar-refractivity contribution is 7.81. The molecule has 1 aliphatic rings. The number of nitrogens with zero attached hydrogens (tertiary/aromatic N) is 1. The fourth-order valence-electron chi connectivity index (χ4n) is 1.78. The second-order valence-electron chi connectivity index (χ2n) is 3.83. The molecule has 1 amide bonds. The lowest BCUT2D eigenvalue weighted by molar-refractivity contribution is -0.128. The van der Waals surface area contributed by atoms with Crippen molar-refractivity contribution < 1.29 is 4.79 Å². The van der Waals surface area contributed by atoms with E-state index < -0.39 is 0 Å². The lowest BCUT2D eigenvalue weighted by atomic mass is 10.2. The normalized spacial score (nSPS) is 20.6. The fraction of sp³-hybridized carbons (Fsp3) is 0.364. The third-order valence-electron chi connectivity index (χ3n) is 2.60. The molecule has 1 fully saturated rings. The molecule has 0 aliphatic carbocycles. The molecular weight excluding hydrogens is 265 g/mol. The summed E-state index contributed by atoms with van der Waals surface area (Å²) in [6, 6.07) is 5.35. The molecule has 5 heteroatoms. The van der Waals surface area contributed by atoms with Crippen LogP contribution in [0.5, 0.6) is 0 Å². The molecule has 1 aliphatic heterocycles. The van der Waals surface area contributed by atoms with E-state index in [-0.39, 0.29) is 11.2 Å². The number of amides is 1. The zero-order valence-electron chi connectivity index (χ0n) is 8.49. The van der Waals surface area contributed by atoms with E-state index in [0.29, 0.717) is 29.6 Å². The summed E-state index contributed by atoms with van der Waals surface area (Å²) in [6.07, 6.45) is 0.491. The van der Waals surface area contributed by atoms with Crippen molar-refractivity contribution >= 4 is 41.7 Å². The fourth-order valence-corrected chi connectivity index (χ4v) is 2.65. The highest BCUT2D eigenvalue weighted by atomic mass is 35.5. The molecular formula is C11H11Cl2NOS. The van der Waals surface area contributed by atoms with Crippen molar-refractivity contribution in [3.8, 4) is 0 Å². The van der Waals surface area contributed by atoms with Crippen LogP contribution in [0.3, 0.4) is 0 Å². The van der Waals surface area contributed by atoms with Crippen molar-refractivity contribution in [2.75, 3.05) is 6.54 Å². The average molecular weight is 276 g/mol. The van der Waals surface area contributed by atoms with Crippen LogP contribution in [-0.2, 0) is 11.3 Å². The number of hydrogen-bond donors (Lipinski definition) is 1. The molecule has 1 unspecified atom stereocenters. The molecule has 1 atom stereocenters. The Bertz CT molecular complexity index is 404. The van der Waals surface area contributed by atoms with Crippen LogP contribution in [0.15, 0.2) is 18.2 Å². The van der Waals surface area contributed by atoms with Gasteiger partial charge in [0.25, 0.3) is 0 Å². The van der Waals surface area contributed by atoms with Crippen LogP contribution in [0.25, 0.3) is 0 Å². The van der Waals surface area contributed by atoms with Gasteiger partial charge in [-0.1, -0.05) is 29.3 Å². The van der Waals surface area contributed by atoms with Gasteiger partial charge in [-0.15, -0.1) is 0 Å². The van der Waals surface area contributed by atoms with Crippen molar-refractivity contribution in [1.29, 1.82) is 0 Å². The van der Waals surface area contributed by atoms with Crippen LogP contribution in [0, 0.1) is 0 Å². The van der Waals surface area contributed by atoms with Crippen molar-refractivity contribution in [2.45, 2.75) is 18.2 Å². The number of thiol groups is 1. The van der Waals surface area contributed by atoms with E-state index in [1.807, 2.05) is 0 Å². The van der Waals surface area contributed by atoms with Crippen molar-refractivity contribution in [2.24, 2.45) is 0 Å². The van der Waals surface area contributed by atoms with Gasteiger partial charge >= 0.3 is 0 Å². The Kier molecular flexibility index (Phi) is 3.67. The molecule has 2 nitrogen and oxygen atoms in total. The van der Waals surface area contributed by atoms with Gasteiger partial charge in [0.2, 0.25) is 5.91 Å². The third kappa shape index (κ3) is 2.47. The Morgan fingerprint density at radius 1 is 1.38 bits per heavy atom. The topological polar surface area (TPSA) is 20.3 Å². The van der Waals surface area contributed by atoms with Crippen molar-refractivity contribution in [3.05, 3.63) is 33.8 Å². The maximum Gasteiger partial charge on any atom is 0.224 e. The third-order valence-corrected chi connectivity index (χ3v) is 3.66. The predicted molar refractivity (Wildman–Crippen MR) is 69.3 cm³/mol. The summed E-state index contributed by atoms with van der Waals surface area (Å²) in [7, 11) is 0. The molecule has 0 spiro atoms. The average Bonchev–Trinajstić information content (AvgIpc) is 2.51. The first kappa shape index (κ1) is 12.1. The number of hydrogen-bond acceptors (Lipinski definition) is 2. The van der Waals surface area contributed by atoms with Crippen LogP contribution >= 0.6 is 35.8 Å². The number of carbonyl (C=O) groups is 1. The minimum Gasteiger partial charge on any atom is -0.337 e. The number of halogens is 2. The van der Waals surface area contributed by atoms with Gasteiger partial charge < -0.3 is 4.90 Å². The van der Waals surface area contributed by atoms with E-state index in [9.17, 15) is 4.79 Å². The number of carbonyl (C=O) groups excluding carboxylic acids is 1. The number of likely N-dealkylation sites (tertiary alicyclic amines) is 1. The molecule has 1 saturated heterocycles. The van der Waals surface area contributed by atoms with E-state index in [0.717, 1.165) is 5.56 Å². The van der Waals surface area contributed by atoms with Gasteiger partial charge in [0, 0.05) is 40.4 Å². The molecule has 1 heterocycles. The highest BCUT2D eigenvalue weighted by Crippen LogP contribution is 2.27. The second-order valence-corrected chi connectivity index (χ2v) is 5.38. The monoisotopic (exact) mass is 275 g/mol. The highest BCUT2D eigenvalue weighted by Gasteiger charge is 2.27. The first-order chi connectivity index (χ1) is 7.58. The molecule has 1 aromatic carbocycles. The summed E-state index contributed by atoms with van der Waals surface area (Å²) in [5.74, 6) is 0.107. The summed E-state index contributed by atoms with van der Waals surface area (Å²) in [4.78, 5) is 13.3. The van der Waals surface area contributed by atoms with Crippen LogP contribution in [0.1, 0.15) is 12.0 Å². The minimum atomic E-state index is 0.107. The maximum absolute atomic E-state index is 11.6. The molecule has 1 aromatic rings. The molecule has 0 radical (unpaired) electrons. The molecule has 0 aromatic heterocycles. The molecule has 86 valence electrons. The smallest absolute Gasteiger partial charge is 0.224 e. The molecule has 2 rings (SSSR count). The molecule has 0 N–H and O–H groups in total. The zero-order chi connectivity index (χ0) is 11.7. The molecule has 16 heavy (non-hydrogen) atoms. The van der Waals surface area contributed by atoms with E-state index in [4.69, 9.17) is 23.2 Å². The van der Waals surface area contributed by atoms with Crippen LogP contribution in [0.4, 0.5) is 0 Å². The SMILES string of the molecule is O=C1CC(S)CN1Cc1c(Cl)cccc1Cl. The summed E-state index contributed by atoms with van der Waals surface area (Å²) < 4.78 is 0. The van der Waals surface area contributed by atoms with Crippen molar-refractivity contribution in [3.63, 3.8) is 0 Å². The minimum absolute atomic E-state index is 0.107. The summed E-state index contributed by atoms with van der Waals surface area (Å²) in [5.41, 5.74) is 0.807. The second kappa shape index (κ2) is 4.86. The Hall–Kier alpha value is -0.380. The van der Waals surface area contributed by atoms with E-state index in [1.165, 1.54) is 0 Å². The predicted octanol–water partition coefficient (Wildman–Crippen LogP) is 3.02. The lowest BCUT2D eigenvalue weighted by Gasteiger charge is -2.17. The lowest BCUT2D eigenvalue weighted by Crippen LogP contribution is -2.25. The van der Waals surface area contributed by atoms with Crippen LogP contribution < -0.4 is 0 Å². The Morgan fingerprint density at radius 3 is 2.50 bits per heavy atom. The standard InChI is InChI=1S/C11H11Cl2NOS/c12-9-2-1-3-10(13)8(9)6-14-5-7(16)4-11(14)15/h1-3,7,16H,4-6H2. The summed E-state index contributed by atoms with van der Waals surface area (Å²) in [6.45, 7) is 1.12. The van der Waals surface area contributed by atoms with Gasteiger partial charge in [0.1, 0.15) is 0 Å². The van der Waals surface area contributed by atoms with Gasteiger partial charge in [-0.3, -0.25) is 4.79 Å².